The molecule has 0 saturated carbocycles. The second-order valence-electron chi connectivity index (χ2n) is 4.59. The second kappa shape index (κ2) is 4.55. The number of aryl methyl sites for hydroxylation is 1. The third kappa shape index (κ3) is 3.56. The number of ether oxygens (including phenoxy) is 1. The van der Waals surface area contributed by atoms with Gasteiger partial charge in [0.05, 0.1) is 0 Å². The van der Waals surface area contributed by atoms with Gasteiger partial charge in [0, 0.05) is 11.8 Å². The summed E-state index contributed by atoms with van der Waals surface area (Å²) < 4.78 is 6.63. The predicted octanol–water partition coefficient (Wildman–Crippen LogP) is 1.49. The lowest BCUT2D eigenvalue weighted by Gasteiger charge is -2.19. The van der Waals surface area contributed by atoms with Gasteiger partial charge in [0.1, 0.15) is 12.1 Å². The van der Waals surface area contributed by atoms with E-state index in [1.807, 2.05) is 27.7 Å². The fraction of sp³-hybridized carbons (Fsp3) is 0.636. The number of rotatable bonds is 3. The van der Waals surface area contributed by atoms with Crippen LogP contribution < -0.4 is 0 Å². The highest BCUT2D eigenvalue weighted by atomic mass is 16.6. The van der Waals surface area contributed by atoms with Crippen LogP contribution >= 0.6 is 0 Å². The zero-order valence-corrected chi connectivity index (χ0v) is 10.1. The van der Waals surface area contributed by atoms with Crippen molar-refractivity contribution in [3.63, 3.8) is 0 Å². The van der Waals surface area contributed by atoms with E-state index in [1.165, 1.54) is 4.68 Å². The lowest BCUT2D eigenvalue weighted by Crippen LogP contribution is -2.27. The van der Waals surface area contributed by atoms with Gasteiger partial charge in [0.15, 0.2) is 0 Å². The van der Waals surface area contributed by atoms with Crippen molar-refractivity contribution >= 4 is 5.97 Å². The Morgan fingerprint density at radius 1 is 1.56 bits per heavy atom. The van der Waals surface area contributed by atoms with Crippen molar-refractivity contribution in [1.29, 1.82) is 0 Å². The molecular formula is C11H18N2O3. The Hall–Kier alpha value is -1.52. The summed E-state index contributed by atoms with van der Waals surface area (Å²) in [4.78, 5) is 11.5. The number of nitrogens with zero attached hydrogens (tertiary/aromatic N) is 2. The Kier molecular flexibility index (Phi) is 3.57. The molecule has 0 aliphatic carbocycles. The summed E-state index contributed by atoms with van der Waals surface area (Å²) in [5.74, 6) is -0.425. The van der Waals surface area contributed by atoms with Gasteiger partial charge < -0.3 is 9.84 Å². The molecule has 0 aromatic carbocycles. The Balaban J connectivity index is 2.69. The second-order valence-corrected chi connectivity index (χ2v) is 4.59. The van der Waals surface area contributed by atoms with E-state index in [0.29, 0.717) is 6.42 Å². The van der Waals surface area contributed by atoms with Crippen molar-refractivity contribution in [3.05, 3.63) is 11.8 Å². The zero-order valence-electron chi connectivity index (χ0n) is 10.1. The molecule has 5 heteroatoms. The summed E-state index contributed by atoms with van der Waals surface area (Å²) in [5, 5.41) is 13.0. The molecular weight excluding hydrogens is 208 g/mol. The summed E-state index contributed by atoms with van der Waals surface area (Å²) in [5.41, 5.74) is 0.307. The third-order valence-electron chi connectivity index (χ3n) is 1.91. The van der Waals surface area contributed by atoms with Crippen LogP contribution in [0.1, 0.15) is 33.4 Å². The summed E-state index contributed by atoms with van der Waals surface area (Å²) in [6.45, 7) is 7.40. The molecule has 0 fully saturated rings. The van der Waals surface area contributed by atoms with E-state index in [1.54, 1.807) is 6.07 Å². The van der Waals surface area contributed by atoms with Gasteiger partial charge in [-0.2, -0.15) is 0 Å². The van der Waals surface area contributed by atoms with Crippen LogP contribution in [0.3, 0.4) is 0 Å². The minimum absolute atomic E-state index is 0.0288. The van der Waals surface area contributed by atoms with E-state index in [-0.39, 0.29) is 18.4 Å². The number of aromatic hydroxyl groups is 1. The number of carbonyl (C=O) groups is 1. The van der Waals surface area contributed by atoms with Gasteiger partial charge in [0.2, 0.25) is 5.88 Å². The van der Waals surface area contributed by atoms with Crippen LogP contribution in [-0.2, 0) is 22.5 Å². The molecule has 0 saturated heterocycles. The Bertz CT molecular complexity index is 377. The molecule has 0 bridgehead atoms. The molecule has 1 heterocycles. The Morgan fingerprint density at radius 2 is 2.19 bits per heavy atom. The van der Waals surface area contributed by atoms with Crippen molar-refractivity contribution < 1.29 is 14.6 Å². The molecule has 0 spiro atoms. The van der Waals surface area contributed by atoms with Crippen LogP contribution in [-0.4, -0.2) is 26.5 Å². The van der Waals surface area contributed by atoms with Crippen molar-refractivity contribution in [3.8, 4) is 5.88 Å². The van der Waals surface area contributed by atoms with Gasteiger partial charge in [-0.3, -0.25) is 9.48 Å². The molecule has 1 aromatic heterocycles. The maximum Gasteiger partial charge on any atom is 0.328 e. The molecule has 0 aliphatic rings. The van der Waals surface area contributed by atoms with Crippen LogP contribution in [0.25, 0.3) is 0 Å². The number of hydrogen-bond donors (Lipinski definition) is 1. The number of aromatic nitrogens is 2. The zero-order chi connectivity index (χ0) is 12.3. The average molecular weight is 226 g/mol. The molecule has 90 valence electrons. The SMILES string of the molecule is CCc1cc(O)nn1CC(=O)OC(C)(C)C. The van der Waals surface area contributed by atoms with Gasteiger partial charge in [-0.1, -0.05) is 6.92 Å². The van der Waals surface area contributed by atoms with Crippen LogP contribution in [0.4, 0.5) is 0 Å². The Labute approximate surface area is 95.0 Å². The molecule has 0 aliphatic heterocycles. The summed E-state index contributed by atoms with van der Waals surface area (Å²) >= 11 is 0. The lowest BCUT2D eigenvalue weighted by molar-refractivity contribution is -0.155. The number of esters is 1. The number of carbonyl (C=O) groups excluding carboxylic acids is 1. The maximum atomic E-state index is 11.5. The van der Waals surface area contributed by atoms with Crippen molar-refractivity contribution in [2.75, 3.05) is 0 Å². The van der Waals surface area contributed by atoms with Gasteiger partial charge in [-0.05, 0) is 27.2 Å². The fourth-order valence-electron chi connectivity index (χ4n) is 1.36. The molecule has 1 rings (SSSR count). The van der Waals surface area contributed by atoms with E-state index in [0.717, 1.165) is 5.69 Å². The van der Waals surface area contributed by atoms with E-state index in [2.05, 4.69) is 5.10 Å². The monoisotopic (exact) mass is 226 g/mol. The summed E-state index contributed by atoms with van der Waals surface area (Å²) in [6, 6.07) is 1.55. The first-order chi connectivity index (χ1) is 7.31. The molecule has 5 nitrogen and oxygen atoms in total. The molecule has 0 radical (unpaired) electrons. The van der Waals surface area contributed by atoms with Crippen molar-refractivity contribution in [1.82, 2.24) is 9.78 Å². The van der Waals surface area contributed by atoms with Gasteiger partial charge in [-0.25, -0.2) is 0 Å². The van der Waals surface area contributed by atoms with E-state index >= 15 is 0 Å². The predicted molar refractivity (Wildman–Crippen MR) is 59.1 cm³/mol. The first-order valence-corrected chi connectivity index (χ1v) is 5.29. The molecule has 0 atom stereocenters. The van der Waals surface area contributed by atoms with Crippen LogP contribution in [0.15, 0.2) is 6.07 Å². The highest BCUT2D eigenvalue weighted by molar-refractivity contribution is 5.69. The van der Waals surface area contributed by atoms with E-state index in [9.17, 15) is 9.90 Å². The smallest absolute Gasteiger partial charge is 0.328 e. The fourth-order valence-corrected chi connectivity index (χ4v) is 1.36. The van der Waals surface area contributed by atoms with Gasteiger partial charge in [0.25, 0.3) is 0 Å². The van der Waals surface area contributed by atoms with Crippen LogP contribution in [0, 0.1) is 0 Å². The highest BCUT2D eigenvalue weighted by Crippen LogP contribution is 2.12. The highest BCUT2D eigenvalue weighted by Gasteiger charge is 2.18. The quantitative estimate of drug-likeness (QED) is 0.793. The van der Waals surface area contributed by atoms with Crippen LogP contribution in [0.5, 0.6) is 5.88 Å². The topological polar surface area (TPSA) is 64.4 Å². The minimum Gasteiger partial charge on any atom is -0.492 e. The normalized spacial score (nSPS) is 11.5. The summed E-state index contributed by atoms with van der Waals surface area (Å²) in [6.07, 6.45) is 0.705. The van der Waals surface area contributed by atoms with Crippen molar-refractivity contribution in [2.45, 2.75) is 46.3 Å². The molecule has 0 unspecified atom stereocenters. The third-order valence-corrected chi connectivity index (χ3v) is 1.91. The summed E-state index contributed by atoms with van der Waals surface area (Å²) in [7, 11) is 0. The first kappa shape index (κ1) is 12.5. The van der Waals surface area contributed by atoms with Crippen molar-refractivity contribution in [2.24, 2.45) is 0 Å². The van der Waals surface area contributed by atoms with Crippen LogP contribution in [0.2, 0.25) is 0 Å². The van der Waals surface area contributed by atoms with Gasteiger partial charge in [-0.15, -0.1) is 5.10 Å². The molecule has 1 aromatic rings. The van der Waals surface area contributed by atoms with E-state index in [4.69, 9.17) is 4.74 Å². The minimum atomic E-state index is -0.501. The molecule has 0 amide bonds. The average Bonchev–Trinajstić information content (AvgIpc) is 2.42. The maximum absolute atomic E-state index is 11.5. The number of hydrogen-bond acceptors (Lipinski definition) is 4. The largest absolute Gasteiger partial charge is 0.492 e. The standard InChI is InChI=1S/C11H18N2O3/c1-5-8-6-9(14)12-13(8)7-10(15)16-11(2,3)4/h6H,5,7H2,1-4H3,(H,12,14). The van der Waals surface area contributed by atoms with E-state index < -0.39 is 5.60 Å². The first-order valence-electron chi connectivity index (χ1n) is 5.29. The Morgan fingerprint density at radius 3 is 2.69 bits per heavy atom. The molecule has 16 heavy (non-hydrogen) atoms. The lowest BCUT2D eigenvalue weighted by atomic mass is 10.2. The molecule has 1 N–H and O–H groups in total. The van der Waals surface area contributed by atoms with Gasteiger partial charge >= 0.3 is 5.97 Å².